The van der Waals surface area contributed by atoms with Crippen LogP contribution in [0.4, 0.5) is 5.82 Å². The summed E-state index contributed by atoms with van der Waals surface area (Å²) in [6.45, 7) is 4.38. The van der Waals surface area contributed by atoms with Gasteiger partial charge in [0, 0.05) is 26.2 Å². The number of hydrogen-bond acceptors (Lipinski definition) is 6. The third-order valence-electron chi connectivity index (χ3n) is 4.40. The number of morpholine rings is 1. The summed E-state index contributed by atoms with van der Waals surface area (Å²) in [5, 5.41) is 3.13. The molecule has 22 heavy (non-hydrogen) atoms. The maximum absolute atomic E-state index is 12.6. The van der Waals surface area contributed by atoms with Crippen LogP contribution in [0.2, 0.25) is 0 Å². The van der Waals surface area contributed by atoms with Crippen LogP contribution in [0.1, 0.15) is 6.42 Å². The lowest BCUT2D eigenvalue weighted by Crippen LogP contribution is -2.44. The molecule has 2 aliphatic heterocycles. The van der Waals surface area contributed by atoms with Gasteiger partial charge >= 0.3 is 0 Å². The molecule has 2 fully saturated rings. The minimum absolute atomic E-state index is 0.0711. The summed E-state index contributed by atoms with van der Waals surface area (Å²) in [5.74, 6) is 1.30. The van der Waals surface area contributed by atoms with Gasteiger partial charge in [-0.15, -0.1) is 11.3 Å². The van der Waals surface area contributed by atoms with Crippen molar-refractivity contribution in [3.8, 4) is 0 Å². The minimum atomic E-state index is 0.0711. The highest BCUT2D eigenvalue weighted by Gasteiger charge is 2.33. The molecular weight excluding hydrogens is 300 g/mol. The smallest absolute Gasteiger partial charge is 0.227 e. The Morgan fingerprint density at radius 1 is 1.27 bits per heavy atom. The van der Waals surface area contributed by atoms with Crippen LogP contribution in [-0.2, 0) is 9.53 Å². The number of thiophene rings is 1. The van der Waals surface area contributed by atoms with E-state index in [-0.39, 0.29) is 11.8 Å². The van der Waals surface area contributed by atoms with Crippen LogP contribution in [-0.4, -0.2) is 60.2 Å². The Balaban J connectivity index is 1.50. The summed E-state index contributed by atoms with van der Waals surface area (Å²) in [6.07, 6.45) is 2.51. The number of amides is 1. The standard InChI is InChI=1S/C15H18N4O2S/c20-15(18-4-6-21-7-5-18)11-1-3-19(9-11)13-12-2-8-22-14(12)17-10-16-13/h2,8,10-11H,1,3-7,9H2. The molecular formula is C15H18N4O2S. The molecule has 4 heterocycles. The number of ether oxygens (including phenoxy) is 1. The molecule has 2 aromatic rings. The predicted molar refractivity (Wildman–Crippen MR) is 85.1 cm³/mol. The molecule has 1 atom stereocenters. The normalized spacial score (nSPS) is 22.5. The van der Waals surface area contributed by atoms with E-state index in [9.17, 15) is 4.79 Å². The lowest BCUT2D eigenvalue weighted by Gasteiger charge is -2.29. The number of carbonyl (C=O) groups excluding carboxylic acids is 1. The van der Waals surface area contributed by atoms with Crippen molar-refractivity contribution in [3.63, 3.8) is 0 Å². The maximum atomic E-state index is 12.6. The first-order valence-electron chi connectivity index (χ1n) is 7.62. The molecule has 0 radical (unpaired) electrons. The lowest BCUT2D eigenvalue weighted by atomic mass is 10.1. The van der Waals surface area contributed by atoms with E-state index in [1.54, 1.807) is 17.7 Å². The quantitative estimate of drug-likeness (QED) is 0.837. The average molecular weight is 318 g/mol. The fraction of sp³-hybridized carbons (Fsp3) is 0.533. The second kappa shape index (κ2) is 5.81. The number of nitrogens with zero attached hydrogens (tertiary/aromatic N) is 4. The van der Waals surface area contributed by atoms with E-state index in [0.717, 1.165) is 48.6 Å². The third-order valence-corrected chi connectivity index (χ3v) is 5.22. The monoisotopic (exact) mass is 318 g/mol. The molecule has 6 nitrogen and oxygen atoms in total. The Morgan fingerprint density at radius 3 is 3.00 bits per heavy atom. The van der Waals surface area contributed by atoms with Gasteiger partial charge in [0.15, 0.2) is 0 Å². The van der Waals surface area contributed by atoms with E-state index in [1.807, 2.05) is 10.3 Å². The Labute approximate surface area is 132 Å². The fourth-order valence-corrected chi connectivity index (χ4v) is 3.95. The van der Waals surface area contributed by atoms with Crippen molar-refractivity contribution in [1.29, 1.82) is 0 Å². The molecule has 1 amide bonds. The van der Waals surface area contributed by atoms with E-state index >= 15 is 0 Å². The van der Waals surface area contributed by atoms with Crippen molar-refractivity contribution < 1.29 is 9.53 Å². The van der Waals surface area contributed by atoms with Crippen LogP contribution in [0.3, 0.4) is 0 Å². The van der Waals surface area contributed by atoms with Gasteiger partial charge in [-0.05, 0) is 17.9 Å². The third kappa shape index (κ3) is 2.44. The molecule has 0 saturated carbocycles. The van der Waals surface area contributed by atoms with E-state index in [1.165, 1.54) is 0 Å². The van der Waals surface area contributed by atoms with Gasteiger partial charge in [0.2, 0.25) is 5.91 Å². The molecule has 0 spiro atoms. The Kier molecular flexibility index (Phi) is 3.67. The van der Waals surface area contributed by atoms with Gasteiger partial charge in [0.25, 0.3) is 0 Å². The number of hydrogen-bond donors (Lipinski definition) is 0. The zero-order valence-electron chi connectivity index (χ0n) is 12.3. The van der Waals surface area contributed by atoms with Crippen LogP contribution in [0.5, 0.6) is 0 Å². The number of fused-ring (bicyclic) bond motifs is 1. The second-order valence-corrected chi connectivity index (χ2v) is 6.60. The minimum Gasteiger partial charge on any atom is -0.378 e. The molecule has 0 N–H and O–H groups in total. The number of carbonyl (C=O) groups is 1. The predicted octanol–water partition coefficient (Wildman–Crippen LogP) is 1.38. The Bertz CT molecular complexity index is 683. The zero-order chi connectivity index (χ0) is 14.9. The highest BCUT2D eigenvalue weighted by atomic mass is 32.1. The van der Waals surface area contributed by atoms with Crippen LogP contribution < -0.4 is 4.90 Å². The first-order chi connectivity index (χ1) is 10.8. The number of anilines is 1. The SMILES string of the molecule is O=C(C1CCN(c2ncnc3sccc23)C1)N1CCOCC1. The summed E-state index contributed by atoms with van der Waals surface area (Å²) in [5.41, 5.74) is 0. The summed E-state index contributed by atoms with van der Waals surface area (Å²) < 4.78 is 5.32. The topological polar surface area (TPSA) is 58.6 Å². The molecule has 0 aromatic carbocycles. The Hall–Kier alpha value is -1.73. The maximum Gasteiger partial charge on any atom is 0.227 e. The first kappa shape index (κ1) is 13.9. The van der Waals surface area contributed by atoms with Crippen molar-refractivity contribution in [3.05, 3.63) is 17.8 Å². The van der Waals surface area contributed by atoms with Crippen molar-refractivity contribution >= 4 is 33.3 Å². The van der Waals surface area contributed by atoms with Crippen LogP contribution in [0, 0.1) is 5.92 Å². The summed E-state index contributed by atoms with van der Waals surface area (Å²) in [7, 11) is 0. The first-order valence-corrected chi connectivity index (χ1v) is 8.50. The van der Waals surface area contributed by atoms with Gasteiger partial charge in [-0.1, -0.05) is 0 Å². The molecule has 4 rings (SSSR count). The fourth-order valence-electron chi connectivity index (χ4n) is 3.23. The number of rotatable bonds is 2. The van der Waals surface area contributed by atoms with Gasteiger partial charge in [-0.3, -0.25) is 4.79 Å². The molecule has 1 unspecified atom stereocenters. The van der Waals surface area contributed by atoms with Crippen LogP contribution in [0.25, 0.3) is 10.2 Å². The van der Waals surface area contributed by atoms with E-state index in [0.29, 0.717) is 13.2 Å². The highest BCUT2D eigenvalue weighted by molar-refractivity contribution is 7.16. The van der Waals surface area contributed by atoms with Gasteiger partial charge in [-0.25, -0.2) is 9.97 Å². The molecule has 2 aromatic heterocycles. The van der Waals surface area contributed by atoms with Crippen molar-refractivity contribution in [2.75, 3.05) is 44.3 Å². The van der Waals surface area contributed by atoms with Crippen LogP contribution in [0.15, 0.2) is 17.8 Å². The highest BCUT2D eigenvalue weighted by Crippen LogP contribution is 2.31. The van der Waals surface area contributed by atoms with Crippen molar-refractivity contribution in [2.24, 2.45) is 5.92 Å². The molecule has 116 valence electrons. The molecule has 2 aliphatic rings. The summed E-state index contributed by atoms with van der Waals surface area (Å²) >= 11 is 1.62. The van der Waals surface area contributed by atoms with Crippen molar-refractivity contribution in [1.82, 2.24) is 14.9 Å². The van der Waals surface area contributed by atoms with Gasteiger partial charge in [0.05, 0.1) is 24.5 Å². The van der Waals surface area contributed by atoms with Crippen molar-refractivity contribution in [2.45, 2.75) is 6.42 Å². The summed E-state index contributed by atoms with van der Waals surface area (Å²) in [6, 6.07) is 2.06. The number of aromatic nitrogens is 2. The largest absolute Gasteiger partial charge is 0.378 e. The molecule has 0 bridgehead atoms. The van der Waals surface area contributed by atoms with E-state index < -0.39 is 0 Å². The van der Waals surface area contributed by atoms with Gasteiger partial charge < -0.3 is 14.5 Å². The second-order valence-electron chi connectivity index (χ2n) is 5.71. The zero-order valence-corrected chi connectivity index (χ0v) is 13.1. The average Bonchev–Trinajstić information content (AvgIpc) is 3.24. The molecule has 7 heteroatoms. The summed E-state index contributed by atoms with van der Waals surface area (Å²) in [4.78, 5) is 26.5. The van der Waals surface area contributed by atoms with Gasteiger partial charge in [-0.2, -0.15) is 0 Å². The molecule has 0 aliphatic carbocycles. The van der Waals surface area contributed by atoms with Crippen LogP contribution >= 0.6 is 11.3 Å². The lowest BCUT2D eigenvalue weighted by molar-refractivity contribution is -0.138. The van der Waals surface area contributed by atoms with Gasteiger partial charge in [0.1, 0.15) is 17.0 Å². The van der Waals surface area contributed by atoms with E-state index in [2.05, 4.69) is 20.9 Å². The Morgan fingerprint density at radius 2 is 2.14 bits per heavy atom. The van der Waals surface area contributed by atoms with E-state index in [4.69, 9.17) is 4.74 Å². The molecule has 2 saturated heterocycles.